The summed E-state index contributed by atoms with van der Waals surface area (Å²) in [5, 5.41) is 0.666. The Balaban J connectivity index is 0.00000128. The Morgan fingerprint density at radius 1 is 1.06 bits per heavy atom. The van der Waals surface area contributed by atoms with Crippen LogP contribution in [-0.4, -0.2) is 4.57 Å². The van der Waals surface area contributed by atoms with Gasteiger partial charge in [0.05, 0.1) is 0 Å². The van der Waals surface area contributed by atoms with Gasteiger partial charge in [0.1, 0.15) is 0 Å². The first-order chi connectivity index (χ1) is 7.16. The van der Waals surface area contributed by atoms with E-state index in [1.54, 1.807) is 28.8 Å². The van der Waals surface area contributed by atoms with Gasteiger partial charge in [0.25, 0.3) is 5.56 Å². The van der Waals surface area contributed by atoms with Crippen molar-refractivity contribution in [3.05, 3.63) is 63.5 Å². The minimum atomic E-state index is -0.0390. The number of aryl methyl sites for hydroxylation is 1. The SMILES string of the molecule is Cc1ccc(=O)n(-c2ccc(Cl)cc2)c1.F. The van der Waals surface area contributed by atoms with Gasteiger partial charge in [0, 0.05) is 23.0 Å². The second kappa shape index (κ2) is 4.94. The van der Waals surface area contributed by atoms with Gasteiger partial charge in [-0.15, -0.1) is 0 Å². The Kier molecular flexibility index (Phi) is 3.85. The molecule has 0 fully saturated rings. The van der Waals surface area contributed by atoms with Gasteiger partial charge in [-0.2, -0.15) is 0 Å². The Morgan fingerprint density at radius 3 is 2.31 bits per heavy atom. The van der Waals surface area contributed by atoms with Crippen LogP contribution in [0.25, 0.3) is 5.69 Å². The number of nitrogens with zero attached hydrogens (tertiary/aromatic N) is 1. The molecule has 0 aliphatic carbocycles. The van der Waals surface area contributed by atoms with E-state index in [0.29, 0.717) is 5.02 Å². The maximum atomic E-state index is 11.6. The van der Waals surface area contributed by atoms with Crippen molar-refractivity contribution in [3.63, 3.8) is 0 Å². The fraction of sp³-hybridized carbons (Fsp3) is 0.0833. The van der Waals surface area contributed by atoms with Crippen molar-refractivity contribution >= 4 is 11.6 Å². The van der Waals surface area contributed by atoms with Crippen molar-refractivity contribution in [2.75, 3.05) is 0 Å². The largest absolute Gasteiger partial charge is 0.284 e. The number of pyridine rings is 1. The van der Waals surface area contributed by atoms with Crippen molar-refractivity contribution in [2.24, 2.45) is 0 Å². The van der Waals surface area contributed by atoms with Crippen LogP contribution in [0.15, 0.2) is 47.4 Å². The summed E-state index contributed by atoms with van der Waals surface area (Å²) in [6.07, 6.45) is 1.81. The summed E-state index contributed by atoms with van der Waals surface area (Å²) in [7, 11) is 0. The maximum absolute atomic E-state index is 11.6. The van der Waals surface area contributed by atoms with E-state index < -0.39 is 0 Å². The third kappa shape index (κ3) is 2.49. The number of aromatic nitrogens is 1. The van der Waals surface area contributed by atoms with Crippen LogP contribution in [0.2, 0.25) is 5.02 Å². The minimum absolute atomic E-state index is 0. The van der Waals surface area contributed by atoms with Crippen LogP contribution in [0, 0.1) is 6.92 Å². The molecule has 2 aromatic rings. The summed E-state index contributed by atoms with van der Waals surface area (Å²) in [6.45, 7) is 1.95. The Labute approximate surface area is 97.5 Å². The topological polar surface area (TPSA) is 22.0 Å². The zero-order valence-corrected chi connectivity index (χ0v) is 9.44. The van der Waals surface area contributed by atoms with Gasteiger partial charge < -0.3 is 0 Å². The molecule has 0 bridgehead atoms. The highest BCUT2D eigenvalue weighted by atomic mass is 35.5. The maximum Gasteiger partial charge on any atom is 0.255 e. The van der Waals surface area contributed by atoms with Crippen LogP contribution in [-0.2, 0) is 0 Å². The standard InChI is InChI=1S/C12H10ClNO.FH/c1-9-2-7-12(15)14(8-9)11-5-3-10(13)4-6-11;/h2-8H,1H3;1H. The predicted octanol–water partition coefficient (Wildman–Crippen LogP) is 2.95. The average Bonchev–Trinajstić information content (AvgIpc) is 2.23. The normalized spacial score (nSPS) is 9.62. The van der Waals surface area contributed by atoms with Crippen LogP contribution in [0.4, 0.5) is 4.70 Å². The lowest BCUT2D eigenvalue weighted by molar-refractivity contribution is 0.977. The van der Waals surface area contributed by atoms with E-state index >= 15 is 0 Å². The quantitative estimate of drug-likeness (QED) is 0.750. The molecular formula is C12H11ClFNO. The number of rotatable bonds is 1. The van der Waals surface area contributed by atoms with Crippen LogP contribution < -0.4 is 5.56 Å². The molecule has 0 atom stereocenters. The molecular weight excluding hydrogens is 229 g/mol. The molecule has 4 heteroatoms. The zero-order valence-electron chi connectivity index (χ0n) is 8.68. The molecule has 1 aromatic heterocycles. The highest BCUT2D eigenvalue weighted by Crippen LogP contribution is 2.12. The number of hydrogen-bond acceptors (Lipinski definition) is 1. The molecule has 1 heterocycles. The lowest BCUT2D eigenvalue weighted by atomic mass is 10.2. The molecule has 0 saturated carbocycles. The molecule has 0 unspecified atom stereocenters. The molecule has 0 amide bonds. The van der Waals surface area contributed by atoms with Crippen LogP contribution in [0.5, 0.6) is 0 Å². The van der Waals surface area contributed by atoms with Crippen molar-refractivity contribution in [1.82, 2.24) is 4.57 Å². The van der Waals surface area contributed by atoms with Gasteiger partial charge in [-0.1, -0.05) is 17.7 Å². The lowest BCUT2D eigenvalue weighted by Crippen LogP contribution is -2.16. The third-order valence-corrected chi connectivity index (χ3v) is 2.42. The van der Waals surface area contributed by atoms with E-state index in [1.165, 1.54) is 0 Å². The zero-order chi connectivity index (χ0) is 10.8. The summed E-state index contributed by atoms with van der Waals surface area (Å²) < 4.78 is 1.60. The van der Waals surface area contributed by atoms with Crippen molar-refractivity contribution in [3.8, 4) is 5.69 Å². The number of benzene rings is 1. The fourth-order valence-electron chi connectivity index (χ4n) is 1.40. The van der Waals surface area contributed by atoms with E-state index in [4.69, 9.17) is 11.6 Å². The Morgan fingerprint density at radius 2 is 1.69 bits per heavy atom. The summed E-state index contributed by atoms with van der Waals surface area (Å²) >= 11 is 5.78. The van der Waals surface area contributed by atoms with Crippen molar-refractivity contribution < 1.29 is 4.70 Å². The average molecular weight is 240 g/mol. The summed E-state index contributed by atoms with van der Waals surface area (Å²) in [5.74, 6) is 0. The predicted molar refractivity (Wildman–Crippen MR) is 64.3 cm³/mol. The fourth-order valence-corrected chi connectivity index (χ4v) is 1.52. The molecule has 1 aromatic carbocycles. The van der Waals surface area contributed by atoms with Gasteiger partial charge in [-0.3, -0.25) is 14.1 Å². The molecule has 0 aliphatic heterocycles. The highest BCUT2D eigenvalue weighted by molar-refractivity contribution is 6.30. The van der Waals surface area contributed by atoms with E-state index in [9.17, 15) is 4.79 Å². The molecule has 0 aliphatic rings. The third-order valence-electron chi connectivity index (χ3n) is 2.16. The second-order valence-electron chi connectivity index (χ2n) is 3.39. The highest BCUT2D eigenvalue weighted by Gasteiger charge is 1.98. The van der Waals surface area contributed by atoms with E-state index in [0.717, 1.165) is 11.3 Å². The van der Waals surface area contributed by atoms with Crippen molar-refractivity contribution in [1.29, 1.82) is 0 Å². The first-order valence-corrected chi connectivity index (χ1v) is 5.00. The first-order valence-electron chi connectivity index (χ1n) is 4.62. The summed E-state index contributed by atoms with van der Waals surface area (Å²) in [4.78, 5) is 11.6. The molecule has 0 N–H and O–H groups in total. The number of halogens is 2. The number of hydrogen-bond donors (Lipinski definition) is 0. The van der Waals surface area contributed by atoms with E-state index in [1.807, 2.05) is 25.3 Å². The van der Waals surface area contributed by atoms with Crippen LogP contribution in [0.1, 0.15) is 5.56 Å². The van der Waals surface area contributed by atoms with Gasteiger partial charge in [-0.05, 0) is 36.8 Å². The molecule has 0 spiro atoms. The van der Waals surface area contributed by atoms with E-state index in [-0.39, 0.29) is 10.3 Å². The molecule has 2 nitrogen and oxygen atoms in total. The molecule has 84 valence electrons. The Hall–Kier alpha value is -1.61. The first kappa shape index (κ1) is 12.5. The minimum Gasteiger partial charge on any atom is -0.284 e. The van der Waals surface area contributed by atoms with Gasteiger partial charge >= 0.3 is 0 Å². The van der Waals surface area contributed by atoms with E-state index in [2.05, 4.69) is 0 Å². The van der Waals surface area contributed by atoms with Crippen LogP contribution >= 0.6 is 11.6 Å². The molecule has 16 heavy (non-hydrogen) atoms. The van der Waals surface area contributed by atoms with Gasteiger partial charge in [0.2, 0.25) is 0 Å². The summed E-state index contributed by atoms with van der Waals surface area (Å²) in [5.41, 5.74) is 1.83. The smallest absolute Gasteiger partial charge is 0.255 e. The summed E-state index contributed by atoms with van der Waals surface area (Å²) in [6, 6.07) is 10.5. The van der Waals surface area contributed by atoms with Gasteiger partial charge in [-0.25, -0.2) is 0 Å². The molecule has 0 radical (unpaired) electrons. The van der Waals surface area contributed by atoms with Crippen molar-refractivity contribution in [2.45, 2.75) is 6.92 Å². The van der Waals surface area contributed by atoms with Gasteiger partial charge in [0.15, 0.2) is 0 Å². The lowest BCUT2D eigenvalue weighted by Gasteiger charge is -2.05. The van der Waals surface area contributed by atoms with Crippen LogP contribution in [0.3, 0.4) is 0 Å². The monoisotopic (exact) mass is 239 g/mol. The molecule has 0 saturated heterocycles. The second-order valence-corrected chi connectivity index (χ2v) is 3.83. The Bertz CT molecular complexity index is 533. The molecule has 2 rings (SSSR count).